The number of ether oxygens (including phenoxy) is 2. The van der Waals surface area contributed by atoms with Crippen LogP contribution in [0.15, 0.2) is 30.5 Å². The van der Waals surface area contributed by atoms with E-state index in [1.54, 1.807) is 19.2 Å². The highest BCUT2D eigenvalue weighted by Gasteiger charge is 2.17. The van der Waals surface area contributed by atoms with Crippen LogP contribution in [0, 0.1) is 0 Å². The zero-order valence-corrected chi connectivity index (χ0v) is 16.0. The first-order chi connectivity index (χ1) is 13.2. The summed E-state index contributed by atoms with van der Waals surface area (Å²) in [7, 11) is 3.03. The Balaban J connectivity index is 2.03. The topological polar surface area (TPSA) is 116 Å². The van der Waals surface area contributed by atoms with Crippen LogP contribution in [-0.2, 0) is 21.4 Å². The van der Waals surface area contributed by atoms with Crippen LogP contribution in [0.25, 0.3) is 0 Å². The first-order valence-electron chi connectivity index (χ1n) is 8.31. The van der Waals surface area contributed by atoms with E-state index in [2.05, 4.69) is 10.6 Å². The highest BCUT2D eigenvalue weighted by Crippen LogP contribution is 2.27. The summed E-state index contributed by atoms with van der Waals surface area (Å²) in [5.41, 5.74) is 1.32. The van der Waals surface area contributed by atoms with Crippen molar-refractivity contribution in [2.24, 2.45) is 7.05 Å². The number of aryl methyl sites for hydroxylation is 1. The third-order valence-electron chi connectivity index (χ3n) is 3.75. The quantitative estimate of drug-likeness (QED) is 0.554. The lowest BCUT2D eigenvalue weighted by Gasteiger charge is -2.12. The summed E-state index contributed by atoms with van der Waals surface area (Å²) in [6.45, 7) is 2.22. The molecule has 0 radical (unpaired) electrons. The molecule has 28 heavy (non-hydrogen) atoms. The number of methoxy groups -OCH3 is 1. The molecule has 0 aliphatic carbocycles. The van der Waals surface area contributed by atoms with Crippen molar-refractivity contribution in [2.45, 2.75) is 13.8 Å². The monoisotopic (exact) mass is 387 g/mol. The third-order valence-corrected chi connectivity index (χ3v) is 3.75. The molecular weight excluding hydrogens is 366 g/mol. The smallest absolute Gasteiger partial charge is 0.355 e. The van der Waals surface area contributed by atoms with Crippen molar-refractivity contribution in [3.63, 3.8) is 0 Å². The van der Waals surface area contributed by atoms with Gasteiger partial charge in [-0.25, -0.2) is 4.79 Å². The van der Waals surface area contributed by atoms with Gasteiger partial charge in [-0.15, -0.1) is 0 Å². The molecular formula is C19H21N3O6. The van der Waals surface area contributed by atoms with Gasteiger partial charge in [0.2, 0.25) is 5.91 Å². The Morgan fingerprint density at radius 3 is 2.36 bits per heavy atom. The Labute approximate surface area is 161 Å². The fourth-order valence-electron chi connectivity index (χ4n) is 2.44. The first-order valence-corrected chi connectivity index (χ1v) is 8.31. The first kappa shape index (κ1) is 20.7. The predicted octanol–water partition coefficient (Wildman–Crippen LogP) is 1.99. The van der Waals surface area contributed by atoms with Gasteiger partial charge in [-0.3, -0.25) is 14.4 Å². The van der Waals surface area contributed by atoms with Crippen molar-refractivity contribution in [3.05, 3.63) is 41.7 Å². The number of carbonyl (C=O) groups is 4. The molecule has 0 bridgehead atoms. The van der Waals surface area contributed by atoms with E-state index in [4.69, 9.17) is 9.47 Å². The summed E-state index contributed by atoms with van der Waals surface area (Å²) in [6, 6.07) is 6.14. The summed E-state index contributed by atoms with van der Waals surface area (Å²) in [5, 5.41) is 5.16. The van der Waals surface area contributed by atoms with Crippen molar-refractivity contribution in [1.29, 1.82) is 0 Å². The molecule has 1 aromatic carbocycles. The van der Waals surface area contributed by atoms with Gasteiger partial charge in [0.15, 0.2) is 12.4 Å². The zero-order chi connectivity index (χ0) is 20.8. The predicted molar refractivity (Wildman–Crippen MR) is 102 cm³/mol. The van der Waals surface area contributed by atoms with E-state index in [-0.39, 0.29) is 17.4 Å². The fraction of sp³-hybridized carbons (Fsp3) is 0.263. The second kappa shape index (κ2) is 8.85. The van der Waals surface area contributed by atoms with Crippen molar-refractivity contribution >= 4 is 34.9 Å². The molecule has 2 amide bonds. The number of nitrogens with one attached hydrogen (secondary N) is 2. The van der Waals surface area contributed by atoms with Crippen LogP contribution in [0.5, 0.6) is 5.75 Å². The van der Waals surface area contributed by atoms with Crippen LogP contribution >= 0.6 is 0 Å². The second-order valence-electron chi connectivity index (χ2n) is 6.00. The van der Waals surface area contributed by atoms with E-state index in [0.29, 0.717) is 22.7 Å². The number of Topliss-reactive ketones (excluding diaryl/α,β-unsaturated/α-hetero) is 1. The molecule has 0 saturated carbocycles. The molecule has 0 atom stereocenters. The average molecular weight is 387 g/mol. The van der Waals surface area contributed by atoms with Gasteiger partial charge >= 0.3 is 5.97 Å². The summed E-state index contributed by atoms with van der Waals surface area (Å²) in [5.74, 6) is -1.39. The molecule has 1 aromatic heterocycles. The molecule has 0 spiro atoms. The molecule has 2 aromatic rings. The minimum atomic E-state index is -0.732. The maximum absolute atomic E-state index is 12.2. The number of anilines is 2. The molecule has 0 unspecified atom stereocenters. The maximum atomic E-state index is 12.2. The fourth-order valence-corrected chi connectivity index (χ4v) is 2.44. The molecule has 9 heteroatoms. The number of rotatable bonds is 7. The lowest BCUT2D eigenvalue weighted by atomic mass is 10.2. The lowest BCUT2D eigenvalue weighted by molar-refractivity contribution is -0.119. The van der Waals surface area contributed by atoms with Crippen LogP contribution < -0.4 is 15.4 Å². The minimum absolute atomic E-state index is 0.156. The second-order valence-corrected chi connectivity index (χ2v) is 6.00. The van der Waals surface area contributed by atoms with Gasteiger partial charge in [0.05, 0.1) is 12.8 Å². The minimum Gasteiger partial charge on any atom is -0.495 e. The number of benzene rings is 1. The number of hydrogen-bond donors (Lipinski definition) is 2. The number of nitrogens with zero attached hydrogens (tertiary/aromatic N) is 1. The summed E-state index contributed by atoms with van der Waals surface area (Å²) >= 11 is 0. The Bertz CT molecular complexity index is 932. The van der Waals surface area contributed by atoms with Gasteiger partial charge in [-0.2, -0.15) is 0 Å². The maximum Gasteiger partial charge on any atom is 0.355 e. The number of hydrogen-bond acceptors (Lipinski definition) is 6. The van der Waals surface area contributed by atoms with Crippen LogP contribution in [-0.4, -0.2) is 41.9 Å². The highest BCUT2D eigenvalue weighted by molar-refractivity contribution is 5.99. The summed E-state index contributed by atoms with van der Waals surface area (Å²) in [6.07, 6.45) is 1.51. The van der Waals surface area contributed by atoms with Gasteiger partial charge in [0, 0.05) is 31.4 Å². The van der Waals surface area contributed by atoms with Crippen LogP contribution in [0.2, 0.25) is 0 Å². The number of aromatic nitrogens is 1. The van der Waals surface area contributed by atoms with Gasteiger partial charge in [-0.1, -0.05) is 0 Å². The Hall–Kier alpha value is -3.62. The molecule has 0 fully saturated rings. The van der Waals surface area contributed by atoms with E-state index in [9.17, 15) is 19.2 Å². The Kier molecular flexibility index (Phi) is 6.54. The number of ketones is 1. The standard InChI is InChI=1S/C19H21N3O6/c1-11(23)13-7-16(22(3)9-13)19(26)28-10-18(25)21-15-8-14(20-12(2)24)5-6-17(15)27-4/h5-9H,10H2,1-4H3,(H,20,24)(H,21,25). The number of amides is 2. The van der Waals surface area contributed by atoms with E-state index >= 15 is 0 Å². The zero-order valence-electron chi connectivity index (χ0n) is 16.0. The molecule has 1 heterocycles. The molecule has 148 valence electrons. The average Bonchev–Trinajstić information content (AvgIpc) is 3.01. The Morgan fingerprint density at radius 2 is 1.79 bits per heavy atom. The summed E-state index contributed by atoms with van der Waals surface area (Å²) in [4.78, 5) is 46.9. The third kappa shape index (κ3) is 5.19. The number of esters is 1. The van der Waals surface area contributed by atoms with Crippen LogP contribution in [0.3, 0.4) is 0 Å². The van der Waals surface area contributed by atoms with Gasteiger partial charge in [-0.05, 0) is 31.2 Å². The largest absolute Gasteiger partial charge is 0.495 e. The lowest BCUT2D eigenvalue weighted by Crippen LogP contribution is -2.22. The Morgan fingerprint density at radius 1 is 1.07 bits per heavy atom. The van der Waals surface area contributed by atoms with E-state index in [1.807, 2.05) is 0 Å². The van der Waals surface area contributed by atoms with Gasteiger partial charge in [0.25, 0.3) is 5.91 Å². The van der Waals surface area contributed by atoms with Crippen molar-refractivity contribution in [3.8, 4) is 5.75 Å². The normalized spacial score (nSPS) is 10.1. The molecule has 2 N–H and O–H groups in total. The van der Waals surface area contributed by atoms with Crippen molar-refractivity contribution in [1.82, 2.24) is 4.57 Å². The van der Waals surface area contributed by atoms with E-state index in [1.165, 1.54) is 43.9 Å². The highest BCUT2D eigenvalue weighted by atomic mass is 16.5. The van der Waals surface area contributed by atoms with Gasteiger partial charge in [0.1, 0.15) is 11.4 Å². The molecule has 0 aliphatic heterocycles. The van der Waals surface area contributed by atoms with Crippen LogP contribution in [0.4, 0.5) is 11.4 Å². The van der Waals surface area contributed by atoms with Gasteiger partial charge < -0.3 is 24.7 Å². The van der Waals surface area contributed by atoms with Crippen LogP contribution in [0.1, 0.15) is 34.7 Å². The van der Waals surface area contributed by atoms with E-state index in [0.717, 1.165) is 0 Å². The van der Waals surface area contributed by atoms with Crippen molar-refractivity contribution < 1.29 is 28.7 Å². The molecule has 0 saturated heterocycles. The summed E-state index contributed by atoms with van der Waals surface area (Å²) < 4.78 is 11.6. The SMILES string of the molecule is COc1ccc(NC(C)=O)cc1NC(=O)COC(=O)c1cc(C(C)=O)cn1C. The number of carbonyl (C=O) groups excluding carboxylic acids is 4. The molecule has 0 aliphatic rings. The molecule has 9 nitrogen and oxygen atoms in total. The van der Waals surface area contributed by atoms with E-state index < -0.39 is 18.5 Å². The molecule has 2 rings (SSSR count). The van der Waals surface area contributed by atoms with Crippen molar-refractivity contribution in [2.75, 3.05) is 24.4 Å².